The maximum atomic E-state index is 13.0. The van der Waals surface area contributed by atoms with Crippen molar-refractivity contribution in [3.63, 3.8) is 0 Å². The van der Waals surface area contributed by atoms with Gasteiger partial charge in [0, 0.05) is 24.7 Å². The molecule has 0 saturated carbocycles. The molecule has 0 aromatic carbocycles. The van der Waals surface area contributed by atoms with Crippen LogP contribution in [0.15, 0.2) is 51.4 Å². The zero-order valence-corrected chi connectivity index (χ0v) is 22.4. The fourth-order valence-corrected chi connectivity index (χ4v) is 5.64. The van der Waals surface area contributed by atoms with E-state index in [0.29, 0.717) is 16.3 Å². The summed E-state index contributed by atoms with van der Waals surface area (Å²) in [6.07, 6.45) is 3.61. The van der Waals surface area contributed by atoms with Crippen LogP contribution in [-0.2, 0) is 31.9 Å². The predicted molar refractivity (Wildman–Crippen MR) is 140 cm³/mol. The van der Waals surface area contributed by atoms with E-state index in [0.717, 1.165) is 41.8 Å². The molecular formula is C26H27N5O4S2. The molecule has 2 aliphatic rings. The third kappa shape index (κ3) is 6.50. The maximum absolute atomic E-state index is 13.0. The predicted octanol–water partition coefficient (Wildman–Crippen LogP) is 3.63. The van der Waals surface area contributed by atoms with E-state index < -0.39 is 11.9 Å². The van der Waals surface area contributed by atoms with Gasteiger partial charge in [0.2, 0.25) is 12.3 Å². The van der Waals surface area contributed by atoms with Crippen LogP contribution in [0.5, 0.6) is 0 Å². The molecule has 11 heteroatoms. The molecule has 0 saturated heterocycles. The Morgan fingerprint density at radius 1 is 1.38 bits per heavy atom. The Kier molecular flexibility index (Phi) is 9.72. The largest absolute Gasteiger partial charge is 0.463 e. The Balaban J connectivity index is 0.000000695. The molecule has 4 rings (SSSR count). The van der Waals surface area contributed by atoms with Crippen LogP contribution in [-0.4, -0.2) is 48.7 Å². The minimum Gasteiger partial charge on any atom is -0.463 e. The van der Waals surface area contributed by atoms with Crippen molar-refractivity contribution in [3.8, 4) is 12.1 Å². The Morgan fingerprint density at radius 3 is 2.73 bits per heavy atom. The Hall–Kier alpha value is -3.80. The quantitative estimate of drug-likeness (QED) is 0.318. The highest BCUT2D eigenvalue weighted by Gasteiger charge is 2.38. The van der Waals surface area contributed by atoms with E-state index in [1.165, 1.54) is 28.0 Å². The average Bonchev–Trinajstić information content (AvgIpc) is 3.58. The number of nitriles is 2. The van der Waals surface area contributed by atoms with Gasteiger partial charge in [0.05, 0.1) is 29.4 Å². The molecule has 1 aliphatic carbocycles. The van der Waals surface area contributed by atoms with Gasteiger partial charge in [-0.25, -0.2) is 9.78 Å². The summed E-state index contributed by atoms with van der Waals surface area (Å²) in [5.41, 5.74) is 9.16. The van der Waals surface area contributed by atoms with Crippen LogP contribution in [0.1, 0.15) is 41.0 Å². The summed E-state index contributed by atoms with van der Waals surface area (Å²) in [6.45, 7) is 1.91. The van der Waals surface area contributed by atoms with Crippen molar-refractivity contribution in [2.75, 3.05) is 26.5 Å². The maximum Gasteiger partial charge on any atom is 0.338 e. The second-order valence-electron chi connectivity index (χ2n) is 8.27. The third-order valence-corrected chi connectivity index (χ3v) is 7.44. The van der Waals surface area contributed by atoms with E-state index in [2.05, 4.69) is 17.1 Å². The number of thioether (sulfide) groups is 1. The van der Waals surface area contributed by atoms with Crippen molar-refractivity contribution in [2.45, 2.75) is 37.1 Å². The van der Waals surface area contributed by atoms with E-state index >= 15 is 0 Å². The molecule has 3 heterocycles. The molecule has 2 aromatic rings. The van der Waals surface area contributed by atoms with E-state index in [4.69, 9.17) is 15.2 Å². The molecule has 2 aromatic heterocycles. The molecule has 37 heavy (non-hydrogen) atoms. The normalized spacial score (nSPS) is 16.0. The third-order valence-electron chi connectivity index (χ3n) is 5.51. The Morgan fingerprint density at radius 2 is 2.14 bits per heavy atom. The van der Waals surface area contributed by atoms with Crippen molar-refractivity contribution in [1.29, 1.82) is 10.5 Å². The fraction of sp³-hybridized carbons (Fsp3) is 0.346. The lowest BCUT2D eigenvalue weighted by Crippen LogP contribution is -2.26. The number of allylic oxidation sites excluding steroid dienone is 1. The number of thiophene rings is 1. The summed E-state index contributed by atoms with van der Waals surface area (Å²) in [6, 6.07) is 9.91. The zero-order chi connectivity index (χ0) is 26.9. The number of nitrogens with two attached hydrogens (primary N) is 1. The van der Waals surface area contributed by atoms with Gasteiger partial charge in [-0.2, -0.15) is 10.5 Å². The van der Waals surface area contributed by atoms with E-state index in [1.807, 2.05) is 23.6 Å². The molecule has 0 radical (unpaired) electrons. The van der Waals surface area contributed by atoms with Crippen molar-refractivity contribution in [2.24, 2.45) is 5.73 Å². The summed E-state index contributed by atoms with van der Waals surface area (Å²) in [5, 5.41) is 21.8. The first-order chi connectivity index (χ1) is 17.8. The average molecular weight is 538 g/mol. The van der Waals surface area contributed by atoms with Crippen LogP contribution in [0.3, 0.4) is 0 Å². The molecule has 192 valence electrons. The molecule has 1 amide bonds. The second kappa shape index (κ2) is 12.9. The molecule has 0 bridgehead atoms. The van der Waals surface area contributed by atoms with Crippen LogP contribution in [0.4, 0.5) is 0 Å². The number of aryl methyl sites for hydroxylation is 2. The molecule has 0 spiro atoms. The van der Waals surface area contributed by atoms with Gasteiger partial charge in [-0.05, 0) is 49.3 Å². The zero-order valence-electron chi connectivity index (χ0n) is 20.8. The highest BCUT2D eigenvalue weighted by Crippen LogP contribution is 2.42. The number of aromatic nitrogens is 1. The van der Waals surface area contributed by atoms with Crippen molar-refractivity contribution in [1.82, 2.24) is 9.88 Å². The SMILES string of the molecule is CCOC(=O)C1=C(CSc2nc3c(cc2C#N)CCC3)OC(N)=C(C#N)C1c1cccs1.CN(C)C=O. The second-order valence-corrected chi connectivity index (χ2v) is 10.2. The Labute approximate surface area is 224 Å². The Bertz CT molecular complexity index is 1300. The van der Waals surface area contributed by atoms with E-state index in [-0.39, 0.29) is 29.4 Å². The topological polar surface area (TPSA) is 142 Å². The first-order valence-corrected chi connectivity index (χ1v) is 13.4. The lowest BCUT2D eigenvalue weighted by atomic mass is 9.87. The first-order valence-electron chi connectivity index (χ1n) is 11.5. The number of amides is 1. The summed E-state index contributed by atoms with van der Waals surface area (Å²) in [5.74, 6) is -0.710. The highest BCUT2D eigenvalue weighted by molar-refractivity contribution is 7.99. The van der Waals surface area contributed by atoms with Gasteiger partial charge in [0.15, 0.2) is 0 Å². The van der Waals surface area contributed by atoms with Crippen LogP contribution < -0.4 is 5.73 Å². The number of ether oxygens (including phenoxy) is 2. The number of fused-ring (bicyclic) bond motifs is 1. The van der Waals surface area contributed by atoms with Crippen LogP contribution in [0.2, 0.25) is 0 Å². The van der Waals surface area contributed by atoms with E-state index in [9.17, 15) is 20.1 Å². The number of carbonyl (C=O) groups is 2. The molecule has 1 atom stereocenters. The van der Waals surface area contributed by atoms with Crippen molar-refractivity contribution >= 4 is 35.5 Å². The minimum atomic E-state index is -0.660. The number of rotatable bonds is 7. The van der Waals surface area contributed by atoms with Gasteiger partial charge in [-0.15, -0.1) is 11.3 Å². The van der Waals surface area contributed by atoms with Gasteiger partial charge in [-0.3, -0.25) is 4.79 Å². The van der Waals surface area contributed by atoms with Crippen LogP contribution in [0, 0.1) is 22.7 Å². The van der Waals surface area contributed by atoms with Crippen LogP contribution in [0.25, 0.3) is 0 Å². The van der Waals surface area contributed by atoms with Gasteiger partial charge >= 0.3 is 5.97 Å². The monoisotopic (exact) mass is 537 g/mol. The molecule has 2 N–H and O–H groups in total. The van der Waals surface area contributed by atoms with Crippen molar-refractivity contribution in [3.05, 3.63) is 68.1 Å². The molecule has 1 unspecified atom stereocenters. The highest BCUT2D eigenvalue weighted by atomic mass is 32.2. The fourth-order valence-electron chi connectivity index (χ4n) is 3.87. The minimum absolute atomic E-state index is 0.0306. The number of pyridine rings is 1. The standard InChI is InChI=1S/C23H20N4O3S2.C3H7NO/c1-2-29-23(28)20-17(30-21(26)15(11-25)19(20)18-7-4-8-31-18)12-32-22-14(10-24)9-13-5-3-6-16(13)27-22;1-4(2)3-5/h4,7-9,19H,2-3,5-6,12,26H2,1H3;3H,1-2H3. The molecular weight excluding hydrogens is 510 g/mol. The number of hydrogen-bond donors (Lipinski definition) is 1. The summed E-state index contributed by atoms with van der Waals surface area (Å²) in [4.78, 5) is 29.3. The smallest absolute Gasteiger partial charge is 0.338 e. The van der Waals surface area contributed by atoms with Gasteiger partial charge < -0.3 is 20.1 Å². The summed E-state index contributed by atoms with van der Waals surface area (Å²) < 4.78 is 11.1. The molecule has 1 aliphatic heterocycles. The van der Waals surface area contributed by atoms with Gasteiger partial charge in [-0.1, -0.05) is 17.8 Å². The summed E-state index contributed by atoms with van der Waals surface area (Å²) in [7, 11) is 3.38. The molecule has 9 nitrogen and oxygen atoms in total. The van der Waals surface area contributed by atoms with E-state index in [1.54, 1.807) is 21.0 Å². The first kappa shape index (κ1) is 27.8. The number of nitrogens with zero attached hydrogens (tertiary/aromatic N) is 4. The van der Waals surface area contributed by atoms with Crippen molar-refractivity contribution < 1.29 is 19.1 Å². The van der Waals surface area contributed by atoms with Gasteiger partial charge in [0.25, 0.3) is 0 Å². The molecule has 0 fully saturated rings. The lowest BCUT2D eigenvalue weighted by molar-refractivity contribution is -0.139. The number of carbonyl (C=O) groups excluding carboxylic acids is 2. The van der Waals surface area contributed by atoms with Gasteiger partial charge in [0.1, 0.15) is 28.5 Å². The van der Waals surface area contributed by atoms with Crippen LogP contribution >= 0.6 is 23.1 Å². The number of hydrogen-bond acceptors (Lipinski definition) is 10. The summed E-state index contributed by atoms with van der Waals surface area (Å²) >= 11 is 2.74. The lowest BCUT2D eigenvalue weighted by Gasteiger charge is -2.27. The number of esters is 1.